The van der Waals surface area contributed by atoms with Crippen molar-refractivity contribution in [2.45, 2.75) is 107 Å². The summed E-state index contributed by atoms with van der Waals surface area (Å²) < 4.78 is 45.8. The van der Waals surface area contributed by atoms with Crippen LogP contribution in [0.2, 0.25) is 5.02 Å². The predicted octanol–water partition coefficient (Wildman–Crippen LogP) is 6.44. The average Bonchev–Trinajstić information content (AvgIpc) is 1.55. The zero-order chi connectivity index (χ0) is 72.3. The quantitative estimate of drug-likeness (QED) is 0.0594. The van der Waals surface area contributed by atoms with Crippen molar-refractivity contribution < 1.29 is 37.3 Å². The van der Waals surface area contributed by atoms with E-state index in [1.165, 1.54) is 37.9 Å². The molecule has 13 aromatic rings. The Labute approximate surface area is 569 Å². The summed E-state index contributed by atoms with van der Waals surface area (Å²) in [6, 6.07) is 27.8. The molecule has 0 saturated heterocycles. The van der Waals surface area contributed by atoms with Crippen molar-refractivity contribution in [1.82, 2.24) is 93.5 Å². The van der Waals surface area contributed by atoms with Gasteiger partial charge >= 0.3 is 17.3 Å². The first-order chi connectivity index (χ1) is 46.6. The summed E-state index contributed by atoms with van der Waals surface area (Å²) in [7, 11) is 1.08. The summed E-state index contributed by atoms with van der Waals surface area (Å²) in [6.45, 7) is 24.4. The minimum Gasteiger partial charge on any atom is -0.496 e. The summed E-state index contributed by atoms with van der Waals surface area (Å²) >= 11 is 6.02. The minimum absolute atomic E-state index is 0.0157. The second kappa shape index (κ2) is 28.7. The third-order valence-electron chi connectivity index (χ3n) is 15.4. The van der Waals surface area contributed by atoms with Crippen LogP contribution in [-0.4, -0.2) is 136 Å². The molecule has 0 bridgehead atoms. The molecule has 0 spiro atoms. The fourth-order valence-corrected chi connectivity index (χ4v) is 10.7. The number of hydrogen-bond donors (Lipinski definition) is 9. The molecule has 0 aliphatic carbocycles. The number of halogens is 1. The van der Waals surface area contributed by atoms with Gasteiger partial charge in [-0.15, -0.1) is 14.9 Å². The van der Waals surface area contributed by atoms with Crippen LogP contribution in [0, 0.1) is 34.6 Å². The number of carboxylic acids is 1. The van der Waals surface area contributed by atoms with Crippen molar-refractivity contribution >= 4 is 67.4 Å². The molecule has 13 rings (SSSR count). The van der Waals surface area contributed by atoms with E-state index in [2.05, 4.69) is 118 Å². The number of fused-ring (bicyclic) bond motifs is 5. The number of nitrogens with one attached hydrogen (secondary N) is 8. The van der Waals surface area contributed by atoms with Crippen LogP contribution in [0.5, 0.6) is 11.6 Å². The number of aromatic nitrogens is 18. The van der Waals surface area contributed by atoms with Crippen LogP contribution >= 0.6 is 11.6 Å². The van der Waals surface area contributed by atoms with Crippen molar-refractivity contribution in [3.8, 4) is 28.7 Å². The van der Waals surface area contributed by atoms with Crippen LogP contribution < -0.4 is 52.0 Å². The average molecular weight is 1400 g/mol. The van der Waals surface area contributed by atoms with Crippen molar-refractivity contribution in [2.75, 3.05) is 32.2 Å². The topological polar surface area (TPSA) is 398 Å². The van der Waals surface area contributed by atoms with Crippen LogP contribution in [-0.2, 0) is 27.4 Å². The highest BCUT2D eigenvalue weighted by molar-refractivity contribution is 7.92. The number of aromatic carboxylic acids is 1. The first kappa shape index (κ1) is 71.8. The zero-order valence-corrected chi connectivity index (χ0v) is 58.8. The highest BCUT2D eigenvalue weighted by Gasteiger charge is 2.25. The Hall–Kier alpha value is -11.5. The number of carboxylic acid groups (broad SMARTS) is 1. The number of anilines is 1. The molecule has 34 heteroatoms. The lowest BCUT2D eigenvalue weighted by molar-refractivity contribution is -0.791. The van der Waals surface area contributed by atoms with Gasteiger partial charge < -0.3 is 24.9 Å². The Morgan fingerprint density at radius 2 is 1.43 bits per heavy atom. The first-order valence-electron chi connectivity index (χ1n) is 30.6. The molecule has 1 amide bonds. The molecule has 1 atom stereocenters. The molecule has 10 aromatic heterocycles. The number of H-pyrrole nitrogens is 5. The normalized spacial score (nSPS) is 11.9. The number of aromatic amines is 5. The Balaban J connectivity index is 0.000000147. The van der Waals surface area contributed by atoms with Crippen molar-refractivity contribution in [2.24, 2.45) is 0 Å². The number of carbonyl (C=O) groups is 2. The van der Waals surface area contributed by atoms with Crippen molar-refractivity contribution in [3.05, 3.63) is 207 Å². The Bertz CT molecular complexity index is 5520. The van der Waals surface area contributed by atoms with Gasteiger partial charge in [0.25, 0.3) is 22.7 Å². The van der Waals surface area contributed by atoms with Crippen LogP contribution in [0.3, 0.4) is 0 Å². The summed E-state index contributed by atoms with van der Waals surface area (Å²) in [6.07, 6.45) is 2.92. The van der Waals surface area contributed by atoms with Gasteiger partial charge in [0.15, 0.2) is 17.1 Å². The highest BCUT2D eigenvalue weighted by atomic mass is 35.5. The van der Waals surface area contributed by atoms with E-state index in [4.69, 9.17) is 21.1 Å². The Morgan fingerprint density at radius 3 is 2.08 bits per heavy atom. The lowest BCUT2D eigenvalue weighted by Gasteiger charge is -2.14. The van der Waals surface area contributed by atoms with E-state index >= 15 is 0 Å². The van der Waals surface area contributed by atoms with Gasteiger partial charge in [-0.2, -0.15) is 14.2 Å². The maximum Gasteiger partial charge on any atom is 0.359 e. The van der Waals surface area contributed by atoms with Crippen molar-refractivity contribution in [3.63, 3.8) is 0 Å². The Morgan fingerprint density at radius 1 is 0.747 bits per heavy atom. The largest absolute Gasteiger partial charge is 0.496 e. The lowest BCUT2D eigenvalue weighted by atomic mass is 9.93. The summed E-state index contributed by atoms with van der Waals surface area (Å²) in [5.74, 6) is -0.406. The number of ether oxygens (including phenoxy) is 2. The van der Waals surface area contributed by atoms with Gasteiger partial charge in [-0.25, -0.2) is 51.5 Å². The molecule has 0 aliphatic rings. The number of para-hydroxylation sites is 1. The van der Waals surface area contributed by atoms with Crippen LogP contribution in [0.25, 0.3) is 45.3 Å². The molecule has 0 radical (unpaired) electrons. The molecule has 99 heavy (non-hydrogen) atoms. The molecule has 0 saturated carbocycles. The number of carbonyl (C=O) groups excluding carboxylic acids is 1. The highest BCUT2D eigenvalue weighted by Crippen LogP contribution is 2.28. The van der Waals surface area contributed by atoms with E-state index in [1.54, 1.807) is 77.9 Å². The Kier molecular flexibility index (Phi) is 20.8. The third kappa shape index (κ3) is 16.2. The number of rotatable bonds is 12. The molecule has 3 aromatic carbocycles. The number of hydrogen-bond acceptors (Lipinski definition) is 17. The van der Waals surface area contributed by atoms with E-state index in [-0.39, 0.29) is 62.5 Å². The van der Waals surface area contributed by atoms with E-state index in [0.717, 1.165) is 66.2 Å². The van der Waals surface area contributed by atoms with E-state index in [0.29, 0.717) is 51.2 Å². The third-order valence-corrected chi connectivity index (χ3v) is 16.3. The van der Waals surface area contributed by atoms with Gasteiger partial charge in [0, 0.05) is 94.2 Å². The predicted molar refractivity (Wildman–Crippen MR) is 372 cm³/mol. The summed E-state index contributed by atoms with van der Waals surface area (Å²) in [5.41, 5.74) is 10.0. The van der Waals surface area contributed by atoms with E-state index in [1.807, 2.05) is 67.3 Å². The first-order valence-corrected chi connectivity index (χ1v) is 32.9. The van der Waals surface area contributed by atoms with Crippen LogP contribution in [0.15, 0.2) is 123 Å². The molecule has 520 valence electrons. The second-order valence-corrected chi connectivity index (χ2v) is 27.2. The van der Waals surface area contributed by atoms with Gasteiger partial charge in [0.2, 0.25) is 22.2 Å². The van der Waals surface area contributed by atoms with Gasteiger partial charge in [-0.1, -0.05) is 87.0 Å². The van der Waals surface area contributed by atoms with Crippen molar-refractivity contribution in [1.29, 1.82) is 0 Å². The maximum atomic E-state index is 12.4. The number of nitrogens with zero attached hydrogens (tertiary/aromatic N) is 13. The summed E-state index contributed by atoms with van der Waals surface area (Å²) in [5, 5.41) is 37.5. The standard InChI is InChI=1S/C18H26N6O2S.C16H18N4O3.C12H9ClN4O3.C10H12N4O2.C9H11N3O/c1-13(19-11-14-7-6-8-15(9-14)22-27(5,25)26)23-12-20-17-10-16(18(2,3)4)21-24(17)23;1-16(2,3)12-8-13-17-14(19-20(13)18-12)9-5-6-11(23-4)10(7-9)15(21)22;1-20-10-6-9-14-11(18)16(12(19)17(9)15-10)8-5-3-2-4-7(8)13;1-5-4-7-12-8(9(15)11-3)6(2)10(16)14(7)13-5;1-5-4-8-10-9(13)6(2)7(3)12(8)11-5/h6-10,12-13,19,22H,11H2,1-5H3;5-8,18H,1-4H3,(H,21,22);2-6H,1H3,(H,14,18);4,13H,1-3H3,(H,11,15);4H,1-3H3,(H,10,13)/p+1. The zero-order valence-electron chi connectivity index (χ0n) is 57.2. The number of benzene rings is 3. The lowest BCUT2D eigenvalue weighted by Crippen LogP contribution is -2.49. The van der Waals surface area contributed by atoms with Crippen LogP contribution in [0.4, 0.5) is 5.69 Å². The molecular formula is C65H77ClN21O11S+. The van der Waals surface area contributed by atoms with Crippen LogP contribution in [0.1, 0.15) is 121 Å². The second-order valence-electron chi connectivity index (χ2n) is 25.0. The monoisotopic (exact) mass is 1390 g/mol. The number of amides is 1. The fourth-order valence-electron chi connectivity index (χ4n) is 9.94. The summed E-state index contributed by atoms with van der Waals surface area (Å²) in [4.78, 5) is 88.9. The van der Waals surface area contributed by atoms with E-state index in [9.17, 15) is 42.3 Å². The van der Waals surface area contributed by atoms with Gasteiger partial charge in [0.1, 0.15) is 40.2 Å². The fraction of sp³-hybridized carbons (Fsp3) is 0.308. The molecule has 1 unspecified atom stereocenters. The maximum absolute atomic E-state index is 12.4. The van der Waals surface area contributed by atoms with Gasteiger partial charge in [-0.05, 0) is 89.6 Å². The number of sulfonamides is 1. The molecular weight excluding hydrogens is 1320 g/mol. The SMILES string of the molecule is CC(NCc1cccc(NS(C)(=O)=O)c1)[n+]1cnc2cc(C(C)(C)C)[nH]n21.CNC(=O)c1nc2cc(C)[nH]n2c(=O)c1C.COc1cc2[nH]c(=O)n(-c3ccccc3Cl)c(=O)n2n1.COc1ccc(-c2nc3cc(C(C)(C)C)[nH]n3n2)cc1C(=O)O.Cc1cc2[nH]c(=O)c(C)c(C)n2n1. The van der Waals surface area contributed by atoms with E-state index < -0.39 is 27.4 Å². The van der Waals surface area contributed by atoms with Gasteiger partial charge in [-0.3, -0.25) is 39.6 Å². The molecule has 0 aliphatic heterocycles. The number of aryl methyl sites for hydroxylation is 3. The van der Waals surface area contributed by atoms with Gasteiger partial charge in [0.05, 0.1) is 36.9 Å². The molecule has 10 heterocycles. The molecule has 32 nitrogen and oxygen atoms in total. The number of methoxy groups -OCH3 is 2. The molecule has 0 fully saturated rings. The minimum atomic E-state index is -3.29. The molecule has 9 N–H and O–H groups in total. The smallest absolute Gasteiger partial charge is 0.359 e.